The maximum atomic E-state index is 12.9. The lowest BCUT2D eigenvalue weighted by atomic mass is 9.99. The Morgan fingerprint density at radius 3 is 2.85 bits per heavy atom. The number of likely N-dealkylation sites (tertiary alicyclic amines) is 1. The molecule has 1 amide bonds. The number of carbonyl (C=O) groups is 1. The Bertz CT molecular complexity index is 929. The van der Waals surface area contributed by atoms with Crippen LogP contribution in [0.25, 0.3) is 16.2 Å². The minimum absolute atomic E-state index is 0.237. The van der Waals surface area contributed by atoms with Crippen molar-refractivity contribution in [1.82, 2.24) is 14.3 Å². The maximum Gasteiger partial charge on any atom is 0.228 e. The largest absolute Gasteiger partial charge is 0.497 e. The summed E-state index contributed by atoms with van der Waals surface area (Å²) in [5, 5.41) is 2.06. The molecule has 1 aliphatic rings. The third kappa shape index (κ3) is 3.58. The Balaban J connectivity index is 1.55. The molecule has 1 aromatic carbocycles. The van der Waals surface area contributed by atoms with Gasteiger partial charge in [0.25, 0.3) is 0 Å². The van der Waals surface area contributed by atoms with Crippen molar-refractivity contribution < 1.29 is 9.53 Å². The van der Waals surface area contributed by atoms with Crippen LogP contribution in [-0.2, 0) is 11.2 Å². The van der Waals surface area contributed by atoms with E-state index in [1.807, 2.05) is 30.5 Å². The molecule has 5 nitrogen and oxygen atoms in total. The van der Waals surface area contributed by atoms with Crippen molar-refractivity contribution >= 4 is 22.2 Å². The van der Waals surface area contributed by atoms with Gasteiger partial charge in [-0.05, 0) is 49.9 Å². The molecule has 142 valence electrons. The van der Waals surface area contributed by atoms with Crippen LogP contribution in [0, 0.1) is 0 Å². The third-order valence-corrected chi connectivity index (χ3v) is 6.31. The van der Waals surface area contributed by atoms with E-state index >= 15 is 0 Å². The topological polar surface area (TPSA) is 46.8 Å². The van der Waals surface area contributed by atoms with Gasteiger partial charge in [-0.15, -0.1) is 11.3 Å². The molecular weight excluding hydrogens is 358 g/mol. The fourth-order valence-electron chi connectivity index (χ4n) is 3.87. The number of ether oxygens (including phenoxy) is 1. The highest BCUT2D eigenvalue weighted by atomic mass is 32.1. The number of carbonyl (C=O) groups excluding carboxylic acids is 1. The Labute approximate surface area is 163 Å². The second-order valence-corrected chi connectivity index (χ2v) is 7.89. The molecule has 3 aromatic rings. The monoisotopic (exact) mass is 383 g/mol. The van der Waals surface area contributed by atoms with Gasteiger partial charge in [0.15, 0.2) is 4.96 Å². The quantitative estimate of drug-likeness (QED) is 0.656. The molecule has 1 fully saturated rings. The molecule has 0 radical (unpaired) electrons. The number of hydrogen-bond donors (Lipinski definition) is 0. The molecule has 0 spiro atoms. The molecule has 27 heavy (non-hydrogen) atoms. The number of imidazole rings is 1. The number of rotatable bonds is 5. The molecule has 0 N–H and O–H groups in total. The van der Waals surface area contributed by atoms with E-state index in [4.69, 9.17) is 9.72 Å². The average Bonchev–Trinajstić information content (AvgIpc) is 3.30. The molecule has 0 bridgehead atoms. The zero-order valence-electron chi connectivity index (χ0n) is 15.9. The maximum absolute atomic E-state index is 12.9. The first-order valence-electron chi connectivity index (χ1n) is 9.59. The lowest BCUT2D eigenvalue weighted by Crippen LogP contribution is -2.44. The normalized spacial score (nSPS) is 17.4. The highest BCUT2D eigenvalue weighted by molar-refractivity contribution is 7.15. The van der Waals surface area contributed by atoms with Gasteiger partial charge >= 0.3 is 0 Å². The first kappa shape index (κ1) is 18.0. The summed E-state index contributed by atoms with van der Waals surface area (Å²) in [4.78, 5) is 20.7. The van der Waals surface area contributed by atoms with E-state index in [-0.39, 0.29) is 5.91 Å². The van der Waals surface area contributed by atoms with Crippen LogP contribution in [0.15, 0.2) is 35.8 Å². The lowest BCUT2D eigenvalue weighted by Gasteiger charge is -2.35. The first-order chi connectivity index (χ1) is 13.2. The Morgan fingerprint density at radius 2 is 2.11 bits per heavy atom. The predicted octanol–water partition coefficient (Wildman–Crippen LogP) is 4.41. The summed E-state index contributed by atoms with van der Waals surface area (Å²) in [6.45, 7) is 3.07. The highest BCUT2D eigenvalue weighted by Crippen LogP contribution is 2.26. The summed E-state index contributed by atoms with van der Waals surface area (Å²) in [5.41, 5.74) is 2.99. The molecule has 1 saturated heterocycles. The van der Waals surface area contributed by atoms with E-state index in [2.05, 4.69) is 21.6 Å². The molecular formula is C21H25N3O2S. The van der Waals surface area contributed by atoms with Gasteiger partial charge in [0.05, 0.1) is 19.2 Å². The van der Waals surface area contributed by atoms with Crippen LogP contribution >= 0.6 is 11.3 Å². The lowest BCUT2D eigenvalue weighted by molar-refractivity contribution is -0.134. The van der Waals surface area contributed by atoms with Crippen molar-refractivity contribution in [2.75, 3.05) is 13.7 Å². The van der Waals surface area contributed by atoms with Crippen LogP contribution in [0.4, 0.5) is 0 Å². The van der Waals surface area contributed by atoms with E-state index in [1.165, 1.54) is 6.42 Å². The molecule has 4 rings (SSSR count). The number of aromatic nitrogens is 2. The highest BCUT2D eigenvalue weighted by Gasteiger charge is 2.26. The summed E-state index contributed by atoms with van der Waals surface area (Å²) in [6, 6.07) is 8.30. The number of thiazole rings is 1. The van der Waals surface area contributed by atoms with Gasteiger partial charge in [-0.25, -0.2) is 4.98 Å². The minimum Gasteiger partial charge on any atom is -0.497 e. The van der Waals surface area contributed by atoms with E-state index in [0.717, 1.165) is 53.5 Å². The summed E-state index contributed by atoms with van der Waals surface area (Å²) in [5.74, 6) is 1.07. The van der Waals surface area contributed by atoms with Gasteiger partial charge in [-0.1, -0.05) is 6.92 Å². The van der Waals surface area contributed by atoms with Gasteiger partial charge in [0.1, 0.15) is 5.75 Å². The Morgan fingerprint density at radius 1 is 1.30 bits per heavy atom. The first-order valence-corrected chi connectivity index (χ1v) is 10.5. The zero-order valence-corrected chi connectivity index (χ0v) is 16.7. The molecule has 1 atom stereocenters. The van der Waals surface area contributed by atoms with Crippen LogP contribution in [0.5, 0.6) is 5.75 Å². The van der Waals surface area contributed by atoms with E-state index < -0.39 is 0 Å². The van der Waals surface area contributed by atoms with Crippen molar-refractivity contribution in [2.45, 2.75) is 45.1 Å². The SMILES string of the molecule is CCC1CCCCN1C(=O)Cc1csc2nc(-c3ccc(OC)cc3)cn12. The van der Waals surface area contributed by atoms with Crippen molar-refractivity contribution in [1.29, 1.82) is 0 Å². The summed E-state index contributed by atoms with van der Waals surface area (Å²) in [6.07, 6.45) is 7.00. The Hall–Kier alpha value is -2.34. The van der Waals surface area contributed by atoms with Crippen LogP contribution in [-0.4, -0.2) is 39.9 Å². The van der Waals surface area contributed by atoms with Crippen molar-refractivity contribution in [3.63, 3.8) is 0 Å². The van der Waals surface area contributed by atoms with Gasteiger partial charge in [0, 0.05) is 35.4 Å². The van der Waals surface area contributed by atoms with Gasteiger partial charge < -0.3 is 9.64 Å². The molecule has 6 heteroatoms. The molecule has 3 heterocycles. The fraction of sp³-hybridized carbons (Fsp3) is 0.429. The summed E-state index contributed by atoms with van der Waals surface area (Å²) >= 11 is 1.59. The number of hydrogen-bond acceptors (Lipinski definition) is 4. The standard InChI is InChI=1S/C21H25N3O2S/c1-3-16-6-4-5-11-23(16)20(25)12-17-14-27-21-22-19(13-24(17)21)15-7-9-18(26-2)10-8-15/h7-10,13-14,16H,3-6,11-12H2,1-2H3. The Kier molecular flexibility index (Phi) is 5.16. The van der Waals surface area contributed by atoms with Crippen LogP contribution in [0.2, 0.25) is 0 Å². The van der Waals surface area contributed by atoms with E-state index in [0.29, 0.717) is 12.5 Å². The average molecular weight is 384 g/mol. The minimum atomic E-state index is 0.237. The third-order valence-electron chi connectivity index (χ3n) is 5.42. The van der Waals surface area contributed by atoms with Gasteiger partial charge in [-0.2, -0.15) is 0 Å². The number of benzene rings is 1. The van der Waals surface area contributed by atoms with Crippen molar-refractivity contribution in [3.8, 4) is 17.0 Å². The smallest absolute Gasteiger partial charge is 0.228 e. The van der Waals surface area contributed by atoms with Crippen LogP contribution in [0.3, 0.4) is 0 Å². The van der Waals surface area contributed by atoms with Crippen LogP contribution in [0.1, 0.15) is 38.3 Å². The second-order valence-electron chi connectivity index (χ2n) is 7.06. The predicted molar refractivity (Wildman–Crippen MR) is 108 cm³/mol. The second kappa shape index (κ2) is 7.72. The van der Waals surface area contributed by atoms with Crippen molar-refractivity contribution in [3.05, 3.63) is 41.5 Å². The van der Waals surface area contributed by atoms with E-state index in [9.17, 15) is 4.79 Å². The number of methoxy groups -OCH3 is 1. The number of amides is 1. The summed E-state index contributed by atoms with van der Waals surface area (Å²) < 4.78 is 7.28. The number of nitrogens with zero attached hydrogens (tertiary/aromatic N) is 3. The van der Waals surface area contributed by atoms with E-state index in [1.54, 1.807) is 18.4 Å². The molecule has 0 saturated carbocycles. The molecule has 1 aliphatic heterocycles. The number of fused-ring (bicyclic) bond motifs is 1. The fourth-order valence-corrected chi connectivity index (χ4v) is 4.74. The van der Waals surface area contributed by atoms with Gasteiger partial charge in [0.2, 0.25) is 5.91 Å². The van der Waals surface area contributed by atoms with Crippen LogP contribution < -0.4 is 4.74 Å². The molecule has 1 unspecified atom stereocenters. The molecule has 0 aliphatic carbocycles. The summed E-state index contributed by atoms with van der Waals surface area (Å²) in [7, 11) is 1.66. The van der Waals surface area contributed by atoms with Gasteiger partial charge in [-0.3, -0.25) is 9.20 Å². The van der Waals surface area contributed by atoms with Crippen molar-refractivity contribution in [2.24, 2.45) is 0 Å². The molecule has 2 aromatic heterocycles. The zero-order chi connectivity index (χ0) is 18.8. The number of piperidine rings is 1.